The van der Waals surface area contributed by atoms with Gasteiger partial charge in [0.2, 0.25) is 0 Å². The Labute approximate surface area is 372 Å². The van der Waals surface area contributed by atoms with Crippen molar-refractivity contribution in [3.8, 4) is 0 Å². The third kappa shape index (κ3) is 7.86. The molecule has 0 heteroatoms. The number of aryl methyl sites for hydroxylation is 4. The van der Waals surface area contributed by atoms with Gasteiger partial charge in [0, 0.05) is 0 Å². The van der Waals surface area contributed by atoms with E-state index in [-0.39, 0.29) is 0 Å². The molecule has 0 saturated carbocycles. The highest BCUT2D eigenvalue weighted by Crippen LogP contribution is 2.48. The van der Waals surface area contributed by atoms with Crippen molar-refractivity contribution in [2.75, 3.05) is 0 Å². The number of fused-ring (bicyclic) bond motifs is 14. The topological polar surface area (TPSA) is 0 Å². The van der Waals surface area contributed by atoms with E-state index >= 15 is 0 Å². The van der Waals surface area contributed by atoms with Gasteiger partial charge in [-0.15, -0.1) is 0 Å². The molecule has 0 fully saturated rings. The van der Waals surface area contributed by atoms with Crippen molar-refractivity contribution in [3.63, 3.8) is 0 Å². The SMILES string of the molecule is CCCCCCc1c2cc3c(CCCCCC)c4c5ccccc5c5ccccc5c4c(CCCCCC)c3cc2c(CCCCCC)c2c3ccccc3c3ccccc3c12. The molecule has 0 spiro atoms. The molecule has 0 saturated heterocycles. The Hall–Kier alpha value is -4.94. The van der Waals surface area contributed by atoms with Crippen molar-refractivity contribution in [3.05, 3.63) is 131 Å². The van der Waals surface area contributed by atoms with Crippen molar-refractivity contribution in [1.82, 2.24) is 0 Å². The van der Waals surface area contributed by atoms with Gasteiger partial charge < -0.3 is 0 Å². The average Bonchev–Trinajstić information content (AvgIpc) is 3.32. The summed E-state index contributed by atoms with van der Waals surface area (Å²) < 4.78 is 0. The molecule has 0 aromatic heterocycles. The lowest BCUT2D eigenvalue weighted by atomic mass is 9.79. The van der Waals surface area contributed by atoms with Gasteiger partial charge in [-0.1, -0.05) is 202 Å². The number of rotatable bonds is 20. The first-order chi connectivity index (χ1) is 30.7. The van der Waals surface area contributed by atoms with Crippen LogP contribution in [0.3, 0.4) is 0 Å². The van der Waals surface area contributed by atoms with Crippen LogP contribution in [0.15, 0.2) is 109 Å². The van der Waals surface area contributed by atoms with Crippen LogP contribution in [0.1, 0.15) is 153 Å². The maximum atomic E-state index is 2.78. The number of unbranched alkanes of at least 4 members (excludes halogenated alkanes) is 12. The minimum absolute atomic E-state index is 1.12. The van der Waals surface area contributed by atoms with E-state index in [1.165, 1.54) is 189 Å². The van der Waals surface area contributed by atoms with E-state index in [9.17, 15) is 0 Å². The molecule has 0 unspecified atom stereocenters. The molecule has 318 valence electrons. The highest BCUT2D eigenvalue weighted by atomic mass is 14.3. The third-order valence-electron chi connectivity index (χ3n) is 14.7. The van der Waals surface area contributed by atoms with Crippen LogP contribution in [-0.2, 0) is 25.7 Å². The molecule has 9 aromatic rings. The largest absolute Gasteiger partial charge is 0.0654 e. The smallest absolute Gasteiger partial charge is 0.00577 e. The molecule has 0 nitrogen and oxygen atoms in total. The Morgan fingerprint density at radius 1 is 0.226 bits per heavy atom. The molecule has 9 rings (SSSR count). The summed E-state index contributed by atoms with van der Waals surface area (Å²) in [5, 5.41) is 23.6. The second kappa shape index (κ2) is 19.6. The van der Waals surface area contributed by atoms with Gasteiger partial charge in [-0.3, -0.25) is 0 Å². The minimum Gasteiger partial charge on any atom is -0.0654 e. The maximum Gasteiger partial charge on any atom is -0.00577 e. The fraction of sp³-hybridized carbons (Fsp3) is 0.387. The molecule has 0 aliphatic carbocycles. The Bertz CT molecular complexity index is 2610. The van der Waals surface area contributed by atoms with Crippen LogP contribution in [0.5, 0.6) is 0 Å². The molecule has 0 bridgehead atoms. The molecule has 0 heterocycles. The fourth-order valence-corrected chi connectivity index (χ4v) is 11.6. The summed E-state index contributed by atoms with van der Waals surface area (Å²) in [6, 6.07) is 43.2. The van der Waals surface area contributed by atoms with E-state index in [4.69, 9.17) is 0 Å². The quantitative estimate of drug-likeness (QED) is 0.0408. The zero-order valence-corrected chi connectivity index (χ0v) is 38.5. The zero-order chi connectivity index (χ0) is 42.4. The van der Waals surface area contributed by atoms with E-state index in [2.05, 4.69) is 137 Å². The van der Waals surface area contributed by atoms with E-state index < -0.39 is 0 Å². The van der Waals surface area contributed by atoms with Crippen molar-refractivity contribution < 1.29 is 0 Å². The molecule has 0 amide bonds. The molecule has 0 aliphatic heterocycles. The van der Waals surface area contributed by atoms with Crippen molar-refractivity contribution in [2.24, 2.45) is 0 Å². The highest BCUT2D eigenvalue weighted by Gasteiger charge is 2.24. The third-order valence-corrected chi connectivity index (χ3v) is 14.7. The predicted octanol–water partition coefficient (Wildman–Crippen LogP) is 19.4. The summed E-state index contributed by atoms with van der Waals surface area (Å²) >= 11 is 0. The molecule has 0 radical (unpaired) electrons. The van der Waals surface area contributed by atoms with Crippen molar-refractivity contribution in [1.29, 1.82) is 0 Å². The predicted molar refractivity (Wildman–Crippen MR) is 278 cm³/mol. The van der Waals surface area contributed by atoms with Crippen LogP contribution in [0, 0.1) is 0 Å². The summed E-state index contributed by atoms with van der Waals surface area (Å²) in [7, 11) is 0. The Morgan fingerprint density at radius 3 is 0.645 bits per heavy atom. The Balaban J connectivity index is 1.50. The summed E-state index contributed by atoms with van der Waals surface area (Å²) in [6.07, 6.45) is 24.8. The van der Waals surface area contributed by atoms with E-state index in [1.54, 1.807) is 22.3 Å². The van der Waals surface area contributed by atoms with Gasteiger partial charge in [-0.2, -0.15) is 0 Å². The summed E-state index contributed by atoms with van der Waals surface area (Å²) in [5.41, 5.74) is 6.38. The van der Waals surface area contributed by atoms with Gasteiger partial charge in [0.05, 0.1) is 0 Å². The first-order valence-corrected chi connectivity index (χ1v) is 25.2. The van der Waals surface area contributed by atoms with Crippen LogP contribution >= 0.6 is 0 Å². The minimum atomic E-state index is 1.12. The van der Waals surface area contributed by atoms with E-state index in [0.29, 0.717) is 0 Å². The molecular weight excluding hydrogens is 745 g/mol. The van der Waals surface area contributed by atoms with Crippen LogP contribution in [0.25, 0.3) is 86.2 Å². The van der Waals surface area contributed by atoms with Crippen LogP contribution < -0.4 is 0 Å². The number of benzene rings is 9. The lowest BCUT2D eigenvalue weighted by Gasteiger charge is -2.25. The van der Waals surface area contributed by atoms with Crippen LogP contribution in [0.4, 0.5) is 0 Å². The first kappa shape index (κ1) is 42.4. The molecule has 0 N–H and O–H groups in total. The first-order valence-electron chi connectivity index (χ1n) is 25.2. The standard InChI is InChI=1S/C62H70/c1-5-9-13-17-33-51-55-41-57-53(35-19-15-11-7-3)61-49-39-27-23-31-45(49)46-32-24-28-40-50(46)62(61)54(36-20-16-12-8-4)58(57)42-56(55)52(34-18-14-10-6-2)60-48-38-26-22-30-44(48)43-29-21-25-37-47(43)59(51)60/h21-32,37-42H,5-20,33-36H2,1-4H3. The van der Waals surface area contributed by atoms with Gasteiger partial charge >= 0.3 is 0 Å². The summed E-state index contributed by atoms with van der Waals surface area (Å²) in [6.45, 7) is 9.40. The molecule has 9 aromatic carbocycles. The van der Waals surface area contributed by atoms with Gasteiger partial charge in [-0.25, -0.2) is 0 Å². The van der Waals surface area contributed by atoms with E-state index in [1.807, 2.05) is 0 Å². The van der Waals surface area contributed by atoms with E-state index in [0.717, 1.165) is 25.7 Å². The number of hydrogen-bond donors (Lipinski definition) is 0. The average molecular weight is 815 g/mol. The van der Waals surface area contributed by atoms with Gasteiger partial charge in [0.1, 0.15) is 0 Å². The highest BCUT2D eigenvalue weighted by molar-refractivity contribution is 6.33. The van der Waals surface area contributed by atoms with Gasteiger partial charge in [0.25, 0.3) is 0 Å². The van der Waals surface area contributed by atoms with Gasteiger partial charge in [0.15, 0.2) is 0 Å². The Morgan fingerprint density at radius 2 is 0.435 bits per heavy atom. The zero-order valence-electron chi connectivity index (χ0n) is 38.5. The second-order valence-electron chi connectivity index (χ2n) is 18.8. The molecule has 62 heavy (non-hydrogen) atoms. The molecule has 0 aliphatic rings. The van der Waals surface area contributed by atoms with Crippen LogP contribution in [0.2, 0.25) is 0 Å². The van der Waals surface area contributed by atoms with Crippen molar-refractivity contribution in [2.45, 2.75) is 156 Å². The summed E-state index contributed by atoms with van der Waals surface area (Å²) in [4.78, 5) is 0. The summed E-state index contributed by atoms with van der Waals surface area (Å²) in [5.74, 6) is 0. The lowest BCUT2D eigenvalue weighted by molar-refractivity contribution is 0.667. The molecule has 0 atom stereocenters. The number of hydrogen-bond acceptors (Lipinski definition) is 0. The second-order valence-corrected chi connectivity index (χ2v) is 18.8. The van der Waals surface area contributed by atoms with Crippen molar-refractivity contribution >= 4 is 86.2 Å². The Kier molecular flexibility index (Phi) is 13.4. The molecular formula is C62H70. The lowest BCUT2D eigenvalue weighted by Crippen LogP contribution is -2.03. The van der Waals surface area contributed by atoms with Crippen LogP contribution in [-0.4, -0.2) is 0 Å². The monoisotopic (exact) mass is 815 g/mol. The fourth-order valence-electron chi connectivity index (χ4n) is 11.6. The maximum absolute atomic E-state index is 2.78. The normalized spacial score (nSPS) is 12.2. The van der Waals surface area contributed by atoms with Gasteiger partial charge in [-0.05, 0) is 172 Å².